The van der Waals surface area contributed by atoms with Crippen LogP contribution < -0.4 is 15.5 Å². The van der Waals surface area contributed by atoms with Gasteiger partial charge in [-0.25, -0.2) is 4.79 Å². The van der Waals surface area contributed by atoms with E-state index in [0.717, 1.165) is 30.6 Å². The fourth-order valence-corrected chi connectivity index (χ4v) is 4.58. The van der Waals surface area contributed by atoms with Crippen LogP contribution in [-0.4, -0.2) is 23.1 Å². The van der Waals surface area contributed by atoms with E-state index in [-0.39, 0.29) is 28.2 Å². The number of carbonyl (C=O) groups excluding carboxylic acids is 2. The summed E-state index contributed by atoms with van der Waals surface area (Å²) in [7, 11) is 0. The standard InChI is InChI=1S/C22H23Cl2N3O3/c1-13-6-2-4-8-18(13)25-20(28)22(30)15-7-3-5-9-19(15)26-21(29)27(22)14-10-11-16(23)17(24)12-14/h3,5,7,9-13,18,30H,2,4,6,8H2,1H3,(H,25,28)(H,26,29)/t13-,18+,22-/m0/s1. The largest absolute Gasteiger partial charge is 0.359 e. The zero-order chi connectivity index (χ0) is 21.5. The van der Waals surface area contributed by atoms with Gasteiger partial charge in [0.25, 0.3) is 11.6 Å². The van der Waals surface area contributed by atoms with Crippen molar-refractivity contribution in [3.05, 3.63) is 58.1 Å². The second kappa shape index (κ2) is 8.10. The van der Waals surface area contributed by atoms with Crippen LogP contribution in [0.4, 0.5) is 16.2 Å². The van der Waals surface area contributed by atoms with Gasteiger partial charge >= 0.3 is 6.03 Å². The minimum Gasteiger partial charge on any atom is -0.359 e. The van der Waals surface area contributed by atoms with Gasteiger partial charge in [-0.05, 0) is 43.0 Å². The minimum atomic E-state index is -2.24. The highest BCUT2D eigenvalue weighted by Crippen LogP contribution is 2.41. The summed E-state index contributed by atoms with van der Waals surface area (Å²) in [5.74, 6) is -0.355. The molecule has 2 aromatic carbocycles. The van der Waals surface area contributed by atoms with Gasteiger partial charge in [0.1, 0.15) is 0 Å². The summed E-state index contributed by atoms with van der Waals surface area (Å²) in [6.07, 6.45) is 3.99. The predicted molar refractivity (Wildman–Crippen MR) is 118 cm³/mol. The van der Waals surface area contributed by atoms with Crippen LogP contribution in [0.15, 0.2) is 42.5 Å². The van der Waals surface area contributed by atoms with Gasteiger partial charge in [0.05, 0.1) is 21.4 Å². The highest BCUT2D eigenvalue weighted by atomic mass is 35.5. The molecule has 0 saturated heterocycles. The molecule has 1 saturated carbocycles. The Balaban J connectivity index is 1.80. The topological polar surface area (TPSA) is 81.7 Å². The Bertz CT molecular complexity index is 999. The molecule has 3 N–H and O–H groups in total. The minimum absolute atomic E-state index is 0.0666. The third kappa shape index (κ3) is 3.53. The van der Waals surface area contributed by atoms with Gasteiger partial charge in [-0.1, -0.05) is 61.2 Å². The number of nitrogens with one attached hydrogen (secondary N) is 2. The van der Waals surface area contributed by atoms with Crippen molar-refractivity contribution in [2.75, 3.05) is 10.2 Å². The molecule has 0 aromatic heterocycles. The second-order valence-corrected chi connectivity index (χ2v) is 8.74. The number of amides is 3. The Morgan fingerprint density at radius 3 is 2.63 bits per heavy atom. The molecule has 1 aliphatic heterocycles. The first kappa shape index (κ1) is 21.0. The van der Waals surface area contributed by atoms with Crippen molar-refractivity contribution >= 4 is 46.5 Å². The lowest BCUT2D eigenvalue weighted by Crippen LogP contribution is -2.64. The number of anilines is 2. The van der Waals surface area contributed by atoms with Crippen molar-refractivity contribution in [2.45, 2.75) is 44.4 Å². The van der Waals surface area contributed by atoms with Crippen LogP contribution >= 0.6 is 23.2 Å². The zero-order valence-corrected chi connectivity index (χ0v) is 18.0. The number of aliphatic hydroxyl groups is 1. The van der Waals surface area contributed by atoms with Gasteiger partial charge in [0.15, 0.2) is 0 Å². The first-order valence-electron chi connectivity index (χ1n) is 10.0. The molecule has 3 atom stereocenters. The molecule has 8 heteroatoms. The maximum absolute atomic E-state index is 13.5. The molecule has 0 spiro atoms. The normalized spacial score (nSPS) is 26.0. The SMILES string of the molecule is C[C@H]1CCCC[C@H]1NC(=O)[C@@]1(O)c2ccccc2NC(=O)N1c1ccc(Cl)c(Cl)c1. The Morgan fingerprint density at radius 2 is 1.90 bits per heavy atom. The monoisotopic (exact) mass is 447 g/mol. The summed E-state index contributed by atoms with van der Waals surface area (Å²) in [6, 6.07) is 10.5. The quantitative estimate of drug-likeness (QED) is 0.626. The van der Waals surface area contributed by atoms with E-state index in [1.54, 1.807) is 30.3 Å². The number of hydrogen-bond acceptors (Lipinski definition) is 3. The molecule has 0 radical (unpaired) electrons. The molecule has 2 aliphatic rings. The van der Waals surface area contributed by atoms with Crippen molar-refractivity contribution in [1.82, 2.24) is 5.32 Å². The van der Waals surface area contributed by atoms with Crippen molar-refractivity contribution < 1.29 is 14.7 Å². The number of halogens is 2. The third-order valence-corrected chi connectivity index (χ3v) is 6.72. The number of para-hydroxylation sites is 1. The number of urea groups is 1. The first-order valence-corrected chi connectivity index (χ1v) is 10.8. The lowest BCUT2D eigenvalue weighted by atomic mass is 9.85. The molecule has 3 amide bonds. The summed E-state index contributed by atoms with van der Waals surface area (Å²) in [6.45, 7) is 2.09. The molecule has 0 bridgehead atoms. The lowest BCUT2D eigenvalue weighted by molar-refractivity contribution is -0.141. The Morgan fingerprint density at radius 1 is 1.17 bits per heavy atom. The fraction of sp³-hybridized carbons (Fsp3) is 0.364. The van der Waals surface area contributed by atoms with E-state index in [2.05, 4.69) is 17.6 Å². The molecular weight excluding hydrogens is 425 g/mol. The van der Waals surface area contributed by atoms with E-state index in [0.29, 0.717) is 10.7 Å². The molecule has 1 fully saturated rings. The number of hydrogen-bond donors (Lipinski definition) is 3. The summed E-state index contributed by atoms with van der Waals surface area (Å²) in [5.41, 5.74) is -1.32. The van der Waals surface area contributed by atoms with Gasteiger partial charge in [0, 0.05) is 11.6 Å². The van der Waals surface area contributed by atoms with Crippen LogP contribution in [0.2, 0.25) is 10.0 Å². The smallest absolute Gasteiger partial charge is 0.329 e. The summed E-state index contributed by atoms with van der Waals surface area (Å²) < 4.78 is 0. The number of benzene rings is 2. The molecule has 6 nitrogen and oxygen atoms in total. The molecular formula is C22H23Cl2N3O3. The van der Waals surface area contributed by atoms with Gasteiger partial charge in [-0.3, -0.25) is 9.69 Å². The van der Waals surface area contributed by atoms with E-state index < -0.39 is 17.7 Å². The van der Waals surface area contributed by atoms with Gasteiger partial charge in [-0.15, -0.1) is 0 Å². The summed E-state index contributed by atoms with van der Waals surface area (Å²) >= 11 is 12.2. The first-order chi connectivity index (χ1) is 14.3. The summed E-state index contributed by atoms with van der Waals surface area (Å²) in [4.78, 5) is 27.6. The molecule has 2 aromatic rings. The Hall–Kier alpha value is -2.28. The van der Waals surface area contributed by atoms with Crippen LogP contribution in [0.1, 0.15) is 38.2 Å². The van der Waals surface area contributed by atoms with Gasteiger partial charge < -0.3 is 15.7 Å². The lowest BCUT2D eigenvalue weighted by Gasteiger charge is -2.44. The number of rotatable bonds is 3. The van der Waals surface area contributed by atoms with E-state index in [9.17, 15) is 14.7 Å². The Kier molecular flexibility index (Phi) is 5.66. The molecule has 4 rings (SSSR count). The molecule has 0 unspecified atom stereocenters. The van der Waals surface area contributed by atoms with Gasteiger partial charge in [-0.2, -0.15) is 0 Å². The van der Waals surface area contributed by atoms with Crippen LogP contribution in [0, 0.1) is 5.92 Å². The average molecular weight is 448 g/mol. The number of fused-ring (bicyclic) bond motifs is 1. The molecule has 158 valence electrons. The highest BCUT2D eigenvalue weighted by molar-refractivity contribution is 6.42. The predicted octanol–water partition coefficient (Wildman–Crippen LogP) is 4.89. The Labute approximate surface area is 185 Å². The third-order valence-electron chi connectivity index (χ3n) is 5.98. The zero-order valence-electron chi connectivity index (χ0n) is 16.5. The van der Waals surface area contributed by atoms with Crippen LogP contribution in [0.5, 0.6) is 0 Å². The van der Waals surface area contributed by atoms with Gasteiger partial charge in [0.2, 0.25) is 0 Å². The van der Waals surface area contributed by atoms with E-state index in [1.807, 2.05) is 0 Å². The van der Waals surface area contributed by atoms with E-state index in [4.69, 9.17) is 23.2 Å². The number of nitrogens with zero attached hydrogens (tertiary/aromatic N) is 1. The molecule has 1 heterocycles. The van der Waals surface area contributed by atoms with Crippen LogP contribution in [0.3, 0.4) is 0 Å². The van der Waals surface area contributed by atoms with E-state index in [1.165, 1.54) is 12.1 Å². The fourth-order valence-electron chi connectivity index (χ4n) is 4.29. The maximum atomic E-state index is 13.5. The highest BCUT2D eigenvalue weighted by Gasteiger charge is 2.52. The van der Waals surface area contributed by atoms with Crippen molar-refractivity contribution in [2.24, 2.45) is 5.92 Å². The number of carbonyl (C=O) groups is 2. The van der Waals surface area contributed by atoms with Crippen molar-refractivity contribution in [3.8, 4) is 0 Å². The average Bonchev–Trinajstić information content (AvgIpc) is 2.72. The van der Waals surface area contributed by atoms with Crippen LogP contribution in [0.25, 0.3) is 0 Å². The van der Waals surface area contributed by atoms with Crippen molar-refractivity contribution in [3.63, 3.8) is 0 Å². The maximum Gasteiger partial charge on any atom is 0.329 e. The second-order valence-electron chi connectivity index (χ2n) is 7.92. The molecule has 30 heavy (non-hydrogen) atoms. The van der Waals surface area contributed by atoms with Crippen molar-refractivity contribution in [1.29, 1.82) is 0 Å². The summed E-state index contributed by atoms with van der Waals surface area (Å²) in [5, 5.41) is 18.1. The van der Waals surface area contributed by atoms with Crippen LogP contribution in [-0.2, 0) is 10.5 Å². The van der Waals surface area contributed by atoms with E-state index >= 15 is 0 Å². The molecule has 1 aliphatic carbocycles.